The highest BCUT2D eigenvalue weighted by molar-refractivity contribution is 5.72. The lowest BCUT2D eigenvalue weighted by molar-refractivity contribution is 0.622. The molecule has 2 rings (SSSR count). The standard InChI is InChI=1S/C15H19N/c1-14(2)8-5-6-12-7-9-15(3,4)11-16-13(12)10-14/h5-11H,1-4H3. The molecule has 1 aliphatic heterocycles. The van der Waals surface area contributed by atoms with Crippen LogP contribution in [-0.4, -0.2) is 6.21 Å². The van der Waals surface area contributed by atoms with Crippen LogP contribution in [0.1, 0.15) is 27.7 Å². The first-order chi connectivity index (χ1) is 7.38. The highest BCUT2D eigenvalue weighted by Crippen LogP contribution is 2.31. The predicted octanol–water partition coefficient (Wildman–Crippen LogP) is 4.06. The highest BCUT2D eigenvalue weighted by atomic mass is 14.8. The van der Waals surface area contributed by atoms with Crippen molar-refractivity contribution in [1.29, 1.82) is 0 Å². The highest BCUT2D eigenvalue weighted by Gasteiger charge is 2.19. The van der Waals surface area contributed by atoms with Crippen molar-refractivity contribution in [3.8, 4) is 0 Å². The van der Waals surface area contributed by atoms with Crippen molar-refractivity contribution >= 4 is 6.21 Å². The molecule has 0 atom stereocenters. The Morgan fingerprint density at radius 2 is 1.75 bits per heavy atom. The molecular weight excluding hydrogens is 194 g/mol. The maximum atomic E-state index is 4.62. The molecule has 0 radical (unpaired) electrons. The molecular formula is C15H19N. The average molecular weight is 213 g/mol. The van der Waals surface area contributed by atoms with Gasteiger partial charge in [-0.25, -0.2) is 0 Å². The van der Waals surface area contributed by atoms with E-state index in [1.807, 2.05) is 6.21 Å². The Morgan fingerprint density at radius 3 is 2.50 bits per heavy atom. The molecule has 0 saturated heterocycles. The molecule has 0 bridgehead atoms. The van der Waals surface area contributed by atoms with Gasteiger partial charge in [0.2, 0.25) is 0 Å². The monoisotopic (exact) mass is 213 g/mol. The van der Waals surface area contributed by atoms with Crippen molar-refractivity contribution in [2.45, 2.75) is 27.7 Å². The van der Waals surface area contributed by atoms with Gasteiger partial charge >= 0.3 is 0 Å². The topological polar surface area (TPSA) is 12.4 Å². The summed E-state index contributed by atoms with van der Waals surface area (Å²) >= 11 is 0. The van der Waals surface area contributed by atoms with Gasteiger partial charge < -0.3 is 0 Å². The molecule has 1 heteroatoms. The van der Waals surface area contributed by atoms with E-state index in [4.69, 9.17) is 0 Å². The third-order valence-electron chi connectivity index (χ3n) is 2.83. The van der Waals surface area contributed by atoms with E-state index in [-0.39, 0.29) is 10.8 Å². The van der Waals surface area contributed by atoms with Crippen molar-refractivity contribution in [1.82, 2.24) is 0 Å². The van der Waals surface area contributed by atoms with Crippen LogP contribution in [0.3, 0.4) is 0 Å². The zero-order chi connectivity index (χ0) is 11.8. The first-order valence-electron chi connectivity index (χ1n) is 5.75. The van der Waals surface area contributed by atoms with Gasteiger partial charge in [0.1, 0.15) is 0 Å². The summed E-state index contributed by atoms with van der Waals surface area (Å²) in [5, 5.41) is 0. The Labute approximate surface area is 98.0 Å². The van der Waals surface area contributed by atoms with Crippen molar-refractivity contribution in [3.63, 3.8) is 0 Å². The predicted molar refractivity (Wildman–Crippen MR) is 70.5 cm³/mol. The molecule has 1 aliphatic carbocycles. The Balaban J connectivity index is 2.50. The third kappa shape index (κ3) is 2.41. The normalized spacial score (nSPS) is 25.2. The van der Waals surface area contributed by atoms with E-state index in [0.717, 1.165) is 5.70 Å². The van der Waals surface area contributed by atoms with Gasteiger partial charge in [0, 0.05) is 17.0 Å². The zero-order valence-electron chi connectivity index (χ0n) is 10.5. The molecule has 0 aromatic carbocycles. The van der Waals surface area contributed by atoms with Gasteiger partial charge in [-0.15, -0.1) is 0 Å². The van der Waals surface area contributed by atoms with Gasteiger partial charge in [-0.1, -0.05) is 58.1 Å². The van der Waals surface area contributed by atoms with Crippen LogP contribution >= 0.6 is 0 Å². The van der Waals surface area contributed by atoms with Gasteiger partial charge in [-0.05, 0) is 11.6 Å². The van der Waals surface area contributed by atoms with E-state index in [1.165, 1.54) is 5.57 Å². The summed E-state index contributed by atoms with van der Waals surface area (Å²) in [6, 6.07) is 0. The Morgan fingerprint density at radius 1 is 1.00 bits per heavy atom. The molecule has 0 N–H and O–H groups in total. The summed E-state index contributed by atoms with van der Waals surface area (Å²) in [5.74, 6) is 0. The molecule has 1 heterocycles. The van der Waals surface area contributed by atoms with Crippen LogP contribution in [0.15, 0.2) is 52.7 Å². The molecule has 0 saturated carbocycles. The van der Waals surface area contributed by atoms with Crippen LogP contribution in [0, 0.1) is 10.8 Å². The van der Waals surface area contributed by atoms with E-state index < -0.39 is 0 Å². The first-order valence-corrected chi connectivity index (χ1v) is 5.75. The summed E-state index contributed by atoms with van der Waals surface area (Å²) in [7, 11) is 0. The second kappa shape index (κ2) is 3.58. The van der Waals surface area contributed by atoms with Gasteiger partial charge in [-0.2, -0.15) is 0 Å². The van der Waals surface area contributed by atoms with E-state index in [0.29, 0.717) is 0 Å². The van der Waals surface area contributed by atoms with Gasteiger partial charge in [-0.3, -0.25) is 4.99 Å². The maximum Gasteiger partial charge on any atom is 0.0666 e. The van der Waals surface area contributed by atoms with Crippen LogP contribution in [0.5, 0.6) is 0 Å². The summed E-state index contributed by atoms with van der Waals surface area (Å²) in [5.41, 5.74) is 2.40. The lowest BCUT2D eigenvalue weighted by atomic mass is 9.92. The number of fused-ring (bicyclic) bond motifs is 1. The number of hydrogen-bond acceptors (Lipinski definition) is 1. The Kier molecular flexibility index (Phi) is 2.49. The van der Waals surface area contributed by atoms with Gasteiger partial charge in [0.25, 0.3) is 0 Å². The van der Waals surface area contributed by atoms with Crippen LogP contribution in [0.25, 0.3) is 0 Å². The largest absolute Gasteiger partial charge is 0.260 e. The SMILES string of the molecule is CC1(C)C=CC2=CC=CC(C)(C)C=C2N=C1. The number of rotatable bonds is 0. The second-order valence-corrected chi connectivity index (χ2v) is 5.74. The molecule has 0 aromatic rings. The number of allylic oxidation sites excluding steroid dienone is 6. The van der Waals surface area contributed by atoms with Crippen LogP contribution < -0.4 is 0 Å². The Hall–Kier alpha value is -1.37. The zero-order valence-corrected chi connectivity index (χ0v) is 10.5. The maximum absolute atomic E-state index is 4.62. The molecule has 1 nitrogen and oxygen atoms in total. The summed E-state index contributed by atoms with van der Waals surface area (Å²) in [4.78, 5) is 4.62. The molecule has 0 aromatic heterocycles. The van der Waals surface area contributed by atoms with Crippen LogP contribution in [-0.2, 0) is 0 Å². The quantitative estimate of drug-likeness (QED) is 0.575. The summed E-state index contributed by atoms with van der Waals surface area (Å²) in [6.45, 7) is 8.73. The fourth-order valence-corrected chi connectivity index (χ4v) is 1.81. The molecule has 84 valence electrons. The number of hydrogen-bond donors (Lipinski definition) is 0. The molecule has 0 spiro atoms. The summed E-state index contributed by atoms with van der Waals surface area (Å²) < 4.78 is 0. The van der Waals surface area contributed by atoms with Crippen LogP contribution in [0.4, 0.5) is 0 Å². The van der Waals surface area contributed by atoms with E-state index >= 15 is 0 Å². The number of nitrogens with zero attached hydrogens (tertiary/aromatic N) is 1. The lowest BCUT2D eigenvalue weighted by Gasteiger charge is -2.14. The minimum absolute atomic E-state index is 0.0434. The third-order valence-corrected chi connectivity index (χ3v) is 2.83. The molecule has 16 heavy (non-hydrogen) atoms. The first kappa shape index (κ1) is 11.1. The minimum atomic E-state index is 0.0434. The number of aliphatic imine (C=N–C) groups is 1. The van der Waals surface area contributed by atoms with Crippen LogP contribution in [0.2, 0.25) is 0 Å². The van der Waals surface area contributed by atoms with Gasteiger partial charge in [0.05, 0.1) is 5.70 Å². The van der Waals surface area contributed by atoms with Gasteiger partial charge in [0.15, 0.2) is 0 Å². The van der Waals surface area contributed by atoms with Crippen molar-refractivity contribution < 1.29 is 0 Å². The second-order valence-electron chi connectivity index (χ2n) is 5.74. The van der Waals surface area contributed by atoms with E-state index in [9.17, 15) is 0 Å². The van der Waals surface area contributed by atoms with Crippen molar-refractivity contribution in [3.05, 3.63) is 47.7 Å². The minimum Gasteiger partial charge on any atom is -0.260 e. The van der Waals surface area contributed by atoms with Crippen molar-refractivity contribution in [2.24, 2.45) is 15.8 Å². The smallest absolute Gasteiger partial charge is 0.0666 e. The molecule has 0 fully saturated rings. The fourth-order valence-electron chi connectivity index (χ4n) is 1.81. The summed E-state index contributed by atoms with van der Waals surface area (Å²) in [6.07, 6.45) is 15.1. The molecule has 0 unspecified atom stereocenters. The molecule has 0 amide bonds. The average Bonchev–Trinajstić information content (AvgIpc) is 2.38. The lowest BCUT2D eigenvalue weighted by Crippen LogP contribution is -2.07. The molecule has 2 aliphatic rings. The van der Waals surface area contributed by atoms with E-state index in [2.05, 4.69) is 69.1 Å². The Bertz CT molecular complexity index is 440. The fraction of sp³-hybridized carbons (Fsp3) is 0.400. The van der Waals surface area contributed by atoms with E-state index in [1.54, 1.807) is 0 Å². The van der Waals surface area contributed by atoms with Crippen molar-refractivity contribution in [2.75, 3.05) is 0 Å².